The van der Waals surface area contributed by atoms with Crippen LogP contribution in [-0.2, 0) is 4.79 Å². The molecule has 2 atom stereocenters. The number of rotatable bonds is 3. The van der Waals surface area contributed by atoms with Crippen molar-refractivity contribution in [1.29, 1.82) is 5.26 Å². The molecule has 0 bridgehead atoms. The Morgan fingerprint density at radius 1 is 1.53 bits per heavy atom. The van der Waals surface area contributed by atoms with E-state index in [4.69, 9.17) is 10.4 Å². The normalized spacial score (nSPS) is 21.9. The molecular weight excluding hydrogens is 315 g/mol. The molecule has 4 nitrogen and oxygen atoms in total. The molecular formula is C13H12BrFN2O2. The third-order valence-electron chi connectivity index (χ3n) is 3.34. The van der Waals surface area contributed by atoms with Crippen molar-refractivity contribution in [3.8, 4) is 6.07 Å². The molecule has 100 valence electrons. The molecule has 1 saturated carbocycles. The van der Waals surface area contributed by atoms with Gasteiger partial charge in [0.2, 0.25) is 0 Å². The van der Waals surface area contributed by atoms with Crippen LogP contribution >= 0.6 is 15.9 Å². The summed E-state index contributed by atoms with van der Waals surface area (Å²) in [7, 11) is 0. The summed E-state index contributed by atoms with van der Waals surface area (Å²) in [4.78, 5) is 10.9. The highest BCUT2D eigenvalue weighted by atomic mass is 79.9. The number of halogens is 2. The molecule has 1 aliphatic carbocycles. The van der Waals surface area contributed by atoms with Crippen molar-refractivity contribution in [3.63, 3.8) is 0 Å². The van der Waals surface area contributed by atoms with E-state index in [1.165, 1.54) is 12.1 Å². The van der Waals surface area contributed by atoms with E-state index in [9.17, 15) is 9.18 Å². The highest BCUT2D eigenvalue weighted by Gasteiger charge is 2.30. The van der Waals surface area contributed by atoms with E-state index >= 15 is 0 Å². The summed E-state index contributed by atoms with van der Waals surface area (Å²) in [5.74, 6) is -1.68. The predicted octanol–water partition coefficient (Wildman–Crippen LogP) is 3.13. The first kappa shape index (κ1) is 13.8. The molecule has 0 amide bonds. The molecule has 0 saturated heterocycles. The highest BCUT2D eigenvalue weighted by molar-refractivity contribution is 9.10. The standard InChI is InChI=1S/C13H12BrFN2O2/c14-11-8(6-16)2-4-10(12(11)15)17-9-3-1-7(5-9)13(18)19/h2,4,7,9,17H,1,3,5H2,(H,18,19)/t7-,9+/m1/s1. The summed E-state index contributed by atoms with van der Waals surface area (Å²) in [5.41, 5.74) is 0.528. The number of carbonyl (C=O) groups is 1. The zero-order chi connectivity index (χ0) is 14.0. The number of nitrogens with zero attached hydrogens (tertiary/aromatic N) is 1. The molecule has 1 aromatic rings. The van der Waals surface area contributed by atoms with E-state index in [-0.39, 0.29) is 22.0 Å². The third-order valence-corrected chi connectivity index (χ3v) is 4.12. The fourth-order valence-corrected chi connectivity index (χ4v) is 2.74. The number of nitriles is 1. The summed E-state index contributed by atoms with van der Waals surface area (Å²) in [6.07, 6.45) is 1.80. The van der Waals surface area contributed by atoms with Gasteiger partial charge >= 0.3 is 5.97 Å². The van der Waals surface area contributed by atoms with Gasteiger partial charge in [0.25, 0.3) is 0 Å². The number of carboxylic acid groups (broad SMARTS) is 1. The SMILES string of the molecule is N#Cc1ccc(N[C@H]2CC[C@@H](C(=O)O)C2)c(F)c1Br. The monoisotopic (exact) mass is 326 g/mol. The Kier molecular flexibility index (Phi) is 4.05. The van der Waals surface area contributed by atoms with Crippen molar-refractivity contribution in [2.45, 2.75) is 25.3 Å². The number of benzene rings is 1. The first-order chi connectivity index (χ1) is 9.02. The van der Waals surface area contributed by atoms with Crippen molar-refractivity contribution in [3.05, 3.63) is 28.0 Å². The lowest BCUT2D eigenvalue weighted by Crippen LogP contribution is -2.18. The molecule has 6 heteroatoms. The number of nitrogens with one attached hydrogen (secondary N) is 1. The van der Waals surface area contributed by atoms with Crippen molar-refractivity contribution in [1.82, 2.24) is 0 Å². The van der Waals surface area contributed by atoms with Gasteiger partial charge in [-0.25, -0.2) is 4.39 Å². The molecule has 1 fully saturated rings. The van der Waals surface area contributed by atoms with Crippen molar-refractivity contribution >= 4 is 27.6 Å². The van der Waals surface area contributed by atoms with Crippen LogP contribution < -0.4 is 5.32 Å². The Bertz CT molecular complexity index is 556. The van der Waals surface area contributed by atoms with Gasteiger partial charge in [-0.05, 0) is 47.3 Å². The lowest BCUT2D eigenvalue weighted by Gasteiger charge is -2.15. The molecule has 0 spiro atoms. The van der Waals surface area contributed by atoms with Crippen LogP contribution in [0, 0.1) is 23.1 Å². The van der Waals surface area contributed by atoms with Crippen LogP contribution in [0.15, 0.2) is 16.6 Å². The zero-order valence-electron chi connectivity index (χ0n) is 9.99. The second kappa shape index (κ2) is 5.57. The minimum Gasteiger partial charge on any atom is -0.481 e. The number of anilines is 1. The minimum absolute atomic E-state index is 0.0459. The Balaban J connectivity index is 2.11. The first-order valence-electron chi connectivity index (χ1n) is 5.90. The summed E-state index contributed by atoms with van der Waals surface area (Å²) in [5, 5.41) is 20.7. The second-order valence-corrected chi connectivity index (χ2v) is 5.38. The van der Waals surface area contributed by atoms with Gasteiger partial charge in [0, 0.05) is 6.04 Å². The lowest BCUT2D eigenvalue weighted by molar-refractivity contribution is -0.141. The minimum atomic E-state index is -0.800. The van der Waals surface area contributed by atoms with E-state index in [1.807, 2.05) is 6.07 Å². The predicted molar refractivity (Wildman–Crippen MR) is 71.2 cm³/mol. The Labute approximate surface area is 118 Å². The van der Waals surface area contributed by atoms with E-state index in [2.05, 4.69) is 21.2 Å². The van der Waals surface area contributed by atoms with Gasteiger partial charge < -0.3 is 10.4 Å². The average Bonchev–Trinajstić information content (AvgIpc) is 2.84. The number of hydrogen-bond donors (Lipinski definition) is 2. The lowest BCUT2D eigenvalue weighted by atomic mass is 10.1. The summed E-state index contributed by atoms with van der Waals surface area (Å²) in [6.45, 7) is 0. The molecule has 1 aliphatic rings. The van der Waals surface area contributed by atoms with E-state index in [0.29, 0.717) is 24.9 Å². The largest absolute Gasteiger partial charge is 0.481 e. The molecule has 2 N–H and O–H groups in total. The Morgan fingerprint density at radius 2 is 2.26 bits per heavy atom. The molecule has 0 heterocycles. The highest BCUT2D eigenvalue weighted by Crippen LogP contribution is 2.31. The molecule has 19 heavy (non-hydrogen) atoms. The molecule has 1 aromatic carbocycles. The van der Waals surface area contributed by atoms with Crippen LogP contribution in [0.2, 0.25) is 0 Å². The summed E-state index contributed by atoms with van der Waals surface area (Å²) in [6, 6.07) is 4.87. The topological polar surface area (TPSA) is 73.1 Å². The average molecular weight is 327 g/mol. The smallest absolute Gasteiger partial charge is 0.306 e. The van der Waals surface area contributed by atoms with Gasteiger partial charge in [-0.2, -0.15) is 5.26 Å². The van der Waals surface area contributed by atoms with Crippen LogP contribution in [0.3, 0.4) is 0 Å². The van der Waals surface area contributed by atoms with Crippen LogP contribution in [0.4, 0.5) is 10.1 Å². The Morgan fingerprint density at radius 3 is 2.84 bits per heavy atom. The molecule has 0 aliphatic heterocycles. The maximum absolute atomic E-state index is 14.0. The Hall–Kier alpha value is -1.61. The molecule has 2 rings (SSSR count). The van der Waals surface area contributed by atoms with Crippen LogP contribution in [0.1, 0.15) is 24.8 Å². The van der Waals surface area contributed by atoms with Gasteiger partial charge in [-0.3, -0.25) is 4.79 Å². The maximum atomic E-state index is 14.0. The van der Waals surface area contributed by atoms with E-state index in [0.717, 1.165) is 0 Å². The van der Waals surface area contributed by atoms with Crippen LogP contribution in [-0.4, -0.2) is 17.1 Å². The zero-order valence-corrected chi connectivity index (χ0v) is 11.6. The molecule has 0 radical (unpaired) electrons. The summed E-state index contributed by atoms with van der Waals surface area (Å²) < 4.78 is 14.1. The van der Waals surface area contributed by atoms with Gasteiger partial charge in [-0.15, -0.1) is 0 Å². The summed E-state index contributed by atoms with van der Waals surface area (Å²) >= 11 is 3.04. The quantitative estimate of drug-likeness (QED) is 0.895. The van der Waals surface area contributed by atoms with Crippen LogP contribution in [0.5, 0.6) is 0 Å². The van der Waals surface area contributed by atoms with Crippen molar-refractivity contribution in [2.24, 2.45) is 5.92 Å². The van der Waals surface area contributed by atoms with Gasteiger partial charge in [-0.1, -0.05) is 0 Å². The third kappa shape index (κ3) is 2.87. The van der Waals surface area contributed by atoms with Crippen LogP contribution in [0.25, 0.3) is 0 Å². The van der Waals surface area contributed by atoms with E-state index in [1.54, 1.807) is 0 Å². The second-order valence-electron chi connectivity index (χ2n) is 4.59. The van der Waals surface area contributed by atoms with Gasteiger partial charge in [0.15, 0.2) is 5.82 Å². The molecule has 0 aromatic heterocycles. The number of hydrogen-bond acceptors (Lipinski definition) is 3. The maximum Gasteiger partial charge on any atom is 0.306 e. The van der Waals surface area contributed by atoms with Gasteiger partial charge in [0.1, 0.15) is 6.07 Å². The first-order valence-corrected chi connectivity index (χ1v) is 6.69. The number of carboxylic acids is 1. The van der Waals surface area contributed by atoms with Gasteiger partial charge in [0.05, 0.1) is 21.6 Å². The number of aliphatic carboxylic acids is 1. The fraction of sp³-hybridized carbons (Fsp3) is 0.385. The van der Waals surface area contributed by atoms with Crippen molar-refractivity contribution < 1.29 is 14.3 Å². The van der Waals surface area contributed by atoms with Crippen molar-refractivity contribution in [2.75, 3.05) is 5.32 Å². The molecule has 0 unspecified atom stereocenters. The van der Waals surface area contributed by atoms with E-state index < -0.39 is 11.8 Å². The fourth-order valence-electron chi connectivity index (χ4n) is 2.30.